The minimum atomic E-state index is -0.180. The third-order valence-electron chi connectivity index (χ3n) is 3.70. The Labute approximate surface area is 126 Å². The molecule has 2 rings (SSSR count). The molecule has 1 N–H and O–H groups in total. The quantitative estimate of drug-likeness (QED) is 0.870. The van der Waals surface area contributed by atoms with E-state index in [1.165, 1.54) is 0 Å². The summed E-state index contributed by atoms with van der Waals surface area (Å²) in [5.74, 6) is 0.952. The molecular weight excluding hydrogens is 268 g/mol. The van der Waals surface area contributed by atoms with Crippen LogP contribution in [0.5, 0.6) is 5.75 Å². The van der Waals surface area contributed by atoms with Gasteiger partial charge in [0, 0.05) is 7.11 Å². The fraction of sp³-hybridized carbons (Fsp3) is 0.562. The minimum absolute atomic E-state index is 0.0246. The van der Waals surface area contributed by atoms with Crippen molar-refractivity contribution in [2.75, 3.05) is 20.3 Å². The van der Waals surface area contributed by atoms with Gasteiger partial charge in [0.05, 0.1) is 25.3 Å². The van der Waals surface area contributed by atoms with Crippen molar-refractivity contribution in [1.82, 2.24) is 10.2 Å². The average Bonchev–Trinajstić information content (AvgIpc) is 2.76. The van der Waals surface area contributed by atoms with Gasteiger partial charge >= 0.3 is 0 Å². The van der Waals surface area contributed by atoms with Gasteiger partial charge < -0.3 is 14.4 Å². The first kappa shape index (κ1) is 15.8. The molecule has 0 radical (unpaired) electrons. The van der Waals surface area contributed by atoms with Crippen LogP contribution in [0, 0.1) is 0 Å². The molecule has 5 heteroatoms. The van der Waals surface area contributed by atoms with Gasteiger partial charge in [-0.05, 0) is 38.5 Å². The molecule has 0 spiro atoms. The molecule has 0 aromatic heterocycles. The summed E-state index contributed by atoms with van der Waals surface area (Å²) >= 11 is 0. The van der Waals surface area contributed by atoms with E-state index in [0.29, 0.717) is 13.2 Å². The van der Waals surface area contributed by atoms with Crippen molar-refractivity contribution in [1.29, 1.82) is 0 Å². The summed E-state index contributed by atoms with van der Waals surface area (Å²) in [5.41, 5.74) is 1.05. The molecule has 1 heterocycles. The molecule has 1 aromatic rings. The van der Waals surface area contributed by atoms with E-state index < -0.39 is 0 Å². The van der Waals surface area contributed by atoms with E-state index in [0.717, 1.165) is 11.3 Å². The van der Waals surface area contributed by atoms with Crippen molar-refractivity contribution in [2.24, 2.45) is 0 Å². The Morgan fingerprint density at radius 1 is 1.33 bits per heavy atom. The summed E-state index contributed by atoms with van der Waals surface area (Å²) in [6.07, 6.45) is -0.117. The lowest BCUT2D eigenvalue weighted by molar-refractivity contribution is -0.132. The molecule has 21 heavy (non-hydrogen) atoms. The molecule has 0 aliphatic carbocycles. The lowest BCUT2D eigenvalue weighted by Gasteiger charge is -2.30. The van der Waals surface area contributed by atoms with Crippen LogP contribution in [0.15, 0.2) is 24.3 Å². The molecule has 5 nitrogen and oxygen atoms in total. The van der Waals surface area contributed by atoms with Crippen molar-refractivity contribution < 1.29 is 14.3 Å². The number of rotatable bonds is 6. The van der Waals surface area contributed by atoms with Gasteiger partial charge in [-0.1, -0.05) is 12.1 Å². The van der Waals surface area contributed by atoms with E-state index in [1.54, 1.807) is 7.11 Å². The SMILES string of the molecule is CCOc1ccc(C2NC(C)C(=O)N2C(C)COC)cc1. The highest BCUT2D eigenvalue weighted by Gasteiger charge is 2.39. The monoisotopic (exact) mass is 292 g/mol. The minimum Gasteiger partial charge on any atom is -0.494 e. The summed E-state index contributed by atoms with van der Waals surface area (Å²) in [4.78, 5) is 14.2. The van der Waals surface area contributed by atoms with Crippen LogP contribution in [-0.2, 0) is 9.53 Å². The number of hydrogen-bond acceptors (Lipinski definition) is 4. The maximum absolute atomic E-state index is 12.4. The maximum atomic E-state index is 12.4. The summed E-state index contributed by atoms with van der Waals surface area (Å²) in [7, 11) is 1.65. The van der Waals surface area contributed by atoms with Gasteiger partial charge in [-0.3, -0.25) is 10.1 Å². The van der Waals surface area contributed by atoms with Gasteiger partial charge in [-0.25, -0.2) is 0 Å². The third kappa shape index (κ3) is 3.36. The van der Waals surface area contributed by atoms with Crippen molar-refractivity contribution >= 4 is 5.91 Å². The first-order chi connectivity index (χ1) is 10.1. The van der Waals surface area contributed by atoms with Crippen LogP contribution < -0.4 is 10.1 Å². The fourth-order valence-electron chi connectivity index (χ4n) is 2.70. The van der Waals surface area contributed by atoms with Crippen LogP contribution in [0.2, 0.25) is 0 Å². The van der Waals surface area contributed by atoms with Gasteiger partial charge in [0.2, 0.25) is 5.91 Å². The zero-order valence-electron chi connectivity index (χ0n) is 13.1. The van der Waals surface area contributed by atoms with Crippen molar-refractivity contribution in [3.8, 4) is 5.75 Å². The number of hydrogen-bond donors (Lipinski definition) is 1. The molecular formula is C16H24N2O3. The molecule has 1 fully saturated rings. The lowest BCUT2D eigenvalue weighted by atomic mass is 10.1. The van der Waals surface area contributed by atoms with E-state index in [9.17, 15) is 4.79 Å². The number of benzene rings is 1. The topological polar surface area (TPSA) is 50.8 Å². The maximum Gasteiger partial charge on any atom is 0.241 e. The second kappa shape index (κ2) is 6.91. The Morgan fingerprint density at radius 2 is 2.00 bits per heavy atom. The molecule has 3 unspecified atom stereocenters. The summed E-state index contributed by atoms with van der Waals surface area (Å²) in [5, 5.41) is 3.34. The normalized spacial score (nSPS) is 23.4. The van der Waals surface area contributed by atoms with E-state index in [2.05, 4.69) is 5.32 Å². The molecule has 0 bridgehead atoms. The predicted octanol–water partition coefficient (Wildman–Crippen LogP) is 1.94. The highest BCUT2D eigenvalue weighted by molar-refractivity contribution is 5.84. The van der Waals surface area contributed by atoms with E-state index in [1.807, 2.05) is 49.9 Å². The molecule has 1 amide bonds. The Balaban J connectivity index is 2.21. The summed E-state index contributed by atoms with van der Waals surface area (Å²) in [6.45, 7) is 7.02. The summed E-state index contributed by atoms with van der Waals surface area (Å²) in [6, 6.07) is 7.72. The van der Waals surface area contributed by atoms with E-state index in [4.69, 9.17) is 9.47 Å². The highest BCUT2D eigenvalue weighted by Crippen LogP contribution is 2.28. The second-order valence-corrected chi connectivity index (χ2v) is 5.34. The molecule has 1 aromatic carbocycles. The average molecular weight is 292 g/mol. The number of carbonyl (C=O) groups excluding carboxylic acids is 1. The standard InChI is InChI=1S/C16H24N2O3/c1-5-21-14-8-6-13(7-9-14)15-17-12(3)16(19)18(15)11(2)10-20-4/h6-9,11-12,15,17H,5,10H2,1-4H3. The molecule has 1 aliphatic heterocycles. The Hall–Kier alpha value is -1.59. The van der Waals surface area contributed by atoms with E-state index in [-0.39, 0.29) is 24.2 Å². The fourth-order valence-corrected chi connectivity index (χ4v) is 2.70. The van der Waals surface area contributed by atoms with Crippen LogP contribution in [0.25, 0.3) is 0 Å². The number of carbonyl (C=O) groups is 1. The zero-order valence-corrected chi connectivity index (χ0v) is 13.1. The first-order valence-corrected chi connectivity index (χ1v) is 7.38. The Bertz CT molecular complexity index is 475. The van der Waals surface area contributed by atoms with Gasteiger partial charge in [-0.2, -0.15) is 0 Å². The summed E-state index contributed by atoms with van der Waals surface area (Å²) < 4.78 is 10.7. The predicted molar refractivity (Wildman–Crippen MR) is 81.1 cm³/mol. The van der Waals surface area contributed by atoms with Crippen molar-refractivity contribution in [3.05, 3.63) is 29.8 Å². The number of nitrogens with zero attached hydrogens (tertiary/aromatic N) is 1. The van der Waals surface area contributed by atoms with Gasteiger partial charge in [-0.15, -0.1) is 0 Å². The number of methoxy groups -OCH3 is 1. The van der Waals surface area contributed by atoms with E-state index >= 15 is 0 Å². The number of amides is 1. The smallest absolute Gasteiger partial charge is 0.241 e. The second-order valence-electron chi connectivity index (χ2n) is 5.34. The first-order valence-electron chi connectivity index (χ1n) is 7.38. The largest absolute Gasteiger partial charge is 0.494 e. The third-order valence-corrected chi connectivity index (χ3v) is 3.70. The molecule has 0 saturated carbocycles. The van der Waals surface area contributed by atoms with Crippen LogP contribution in [-0.4, -0.2) is 43.2 Å². The van der Waals surface area contributed by atoms with Gasteiger partial charge in [0.25, 0.3) is 0 Å². The van der Waals surface area contributed by atoms with Crippen LogP contribution in [0.3, 0.4) is 0 Å². The lowest BCUT2D eigenvalue weighted by Crippen LogP contribution is -2.40. The van der Waals surface area contributed by atoms with Crippen LogP contribution >= 0.6 is 0 Å². The van der Waals surface area contributed by atoms with Gasteiger partial charge in [0.1, 0.15) is 11.9 Å². The zero-order chi connectivity index (χ0) is 15.4. The Morgan fingerprint density at radius 3 is 2.57 bits per heavy atom. The number of nitrogens with one attached hydrogen (secondary N) is 1. The highest BCUT2D eigenvalue weighted by atomic mass is 16.5. The van der Waals surface area contributed by atoms with Crippen LogP contribution in [0.1, 0.15) is 32.5 Å². The van der Waals surface area contributed by atoms with Gasteiger partial charge in [0.15, 0.2) is 0 Å². The van der Waals surface area contributed by atoms with Crippen molar-refractivity contribution in [3.63, 3.8) is 0 Å². The molecule has 1 aliphatic rings. The van der Waals surface area contributed by atoms with Crippen LogP contribution in [0.4, 0.5) is 0 Å². The number of ether oxygens (including phenoxy) is 2. The Kier molecular flexibility index (Phi) is 5.20. The van der Waals surface area contributed by atoms with Crippen molar-refractivity contribution in [2.45, 2.75) is 39.0 Å². The molecule has 1 saturated heterocycles. The molecule has 3 atom stereocenters. The molecule has 116 valence electrons.